The molecule has 190 valence electrons. The zero-order chi connectivity index (χ0) is 26.1. The summed E-state index contributed by atoms with van der Waals surface area (Å²) in [5.41, 5.74) is 3.86. The second-order valence-electron chi connectivity index (χ2n) is 9.55. The van der Waals surface area contributed by atoms with Gasteiger partial charge in [-0.1, -0.05) is 103 Å². The van der Waals surface area contributed by atoms with Gasteiger partial charge in [-0.2, -0.15) is 0 Å². The van der Waals surface area contributed by atoms with Crippen molar-refractivity contribution in [3.8, 4) is 0 Å². The predicted octanol–water partition coefficient (Wildman–Crippen LogP) is 6.65. The number of benzene rings is 3. The van der Waals surface area contributed by atoms with E-state index in [9.17, 15) is 9.59 Å². The minimum atomic E-state index is -0.705. The second-order valence-corrected chi connectivity index (χ2v) is 10.4. The number of hydrogen-bond donors (Lipinski definition) is 1. The van der Waals surface area contributed by atoms with E-state index in [1.807, 2.05) is 75.4 Å². The van der Waals surface area contributed by atoms with E-state index in [1.54, 1.807) is 23.1 Å². The fraction of sp³-hybridized carbons (Fsp3) is 0.333. The van der Waals surface area contributed by atoms with Gasteiger partial charge in [-0.25, -0.2) is 0 Å². The monoisotopic (exact) mass is 524 g/mol. The summed E-state index contributed by atoms with van der Waals surface area (Å²) in [5, 5.41) is 3.98. The maximum atomic E-state index is 13.7. The average molecular weight is 526 g/mol. The molecule has 0 heterocycles. The third-order valence-corrected chi connectivity index (χ3v) is 6.80. The molecule has 3 aromatic rings. The molecular formula is C30H34Cl2N2O2. The SMILES string of the molecule is Cc1ccc(CCC(=O)N(Cc2c(Cl)cccc2Cl)[C@H](Cc2ccccc2)C(=O)NCC(C)C)cc1. The van der Waals surface area contributed by atoms with Crippen molar-refractivity contribution < 1.29 is 9.59 Å². The van der Waals surface area contributed by atoms with Crippen LogP contribution >= 0.6 is 23.2 Å². The third kappa shape index (κ3) is 8.11. The number of rotatable bonds is 11. The van der Waals surface area contributed by atoms with Crippen LogP contribution in [0, 0.1) is 12.8 Å². The van der Waals surface area contributed by atoms with Gasteiger partial charge in [0.15, 0.2) is 0 Å². The maximum absolute atomic E-state index is 13.7. The molecule has 0 saturated heterocycles. The van der Waals surface area contributed by atoms with E-state index < -0.39 is 6.04 Å². The summed E-state index contributed by atoms with van der Waals surface area (Å²) in [4.78, 5) is 28.9. The van der Waals surface area contributed by atoms with E-state index in [0.717, 1.165) is 11.1 Å². The van der Waals surface area contributed by atoms with Crippen LogP contribution in [0.3, 0.4) is 0 Å². The molecule has 0 fully saturated rings. The van der Waals surface area contributed by atoms with E-state index in [1.165, 1.54) is 5.56 Å². The molecule has 4 nitrogen and oxygen atoms in total. The molecule has 0 unspecified atom stereocenters. The molecule has 1 atom stereocenters. The highest BCUT2D eigenvalue weighted by atomic mass is 35.5. The molecule has 2 amide bonds. The van der Waals surface area contributed by atoms with Crippen molar-refractivity contribution in [1.82, 2.24) is 10.2 Å². The standard InChI is InChI=1S/C30H34Cl2N2O2/c1-21(2)19-33-30(36)28(18-24-8-5-4-6-9-24)34(20-25-26(31)10-7-11-27(25)32)29(35)17-16-23-14-12-22(3)13-15-23/h4-15,21,28H,16-20H2,1-3H3,(H,33,36)/t28-/m1/s1. The van der Waals surface area contributed by atoms with Crippen LogP contribution in [0.5, 0.6) is 0 Å². The molecule has 0 bridgehead atoms. The van der Waals surface area contributed by atoms with Crippen molar-refractivity contribution in [3.05, 3.63) is 105 Å². The average Bonchev–Trinajstić information content (AvgIpc) is 2.86. The second kappa shape index (κ2) is 13.5. The molecule has 36 heavy (non-hydrogen) atoms. The van der Waals surface area contributed by atoms with Gasteiger partial charge in [0.1, 0.15) is 6.04 Å². The molecule has 0 aliphatic rings. The Labute approximate surface area is 224 Å². The minimum Gasteiger partial charge on any atom is -0.354 e. The number of nitrogens with zero attached hydrogens (tertiary/aromatic N) is 1. The molecular weight excluding hydrogens is 491 g/mol. The van der Waals surface area contributed by atoms with Crippen LogP contribution in [0.4, 0.5) is 0 Å². The molecule has 3 rings (SSSR count). The fourth-order valence-electron chi connectivity index (χ4n) is 3.98. The topological polar surface area (TPSA) is 49.4 Å². The van der Waals surface area contributed by atoms with Gasteiger partial charge < -0.3 is 10.2 Å². The zero-order valence-electron chi connectivity index (χ0n) is 21.1. The summed E-state index contributed by atoms with van der Waals surface area (Å²) in [7, 11) is 0. The molecule has 0 radical (unpaired) electrons. The number of carbonyl (C=O) groups excluding carboxylic acids is 2. The first kappa shape index (κ1) is 27.8. The lowest BCUT2D eigenvalue weighted by Crippen LogP contribution is -2.51. The minimum absolute atomic E-state index is 0.118. The van der Waals surface area contributed by atoms with Crippen LogP contribution in [0.1, 0.15) is 42.5 Å². The lowest BCUT2D eigenvalue weighted by molar-refractivity contribution is -0.141. The Morgan fingerprint density at radius 1 is 0.861 bits per heavy atom. The number of aryl methyl sites for hydroxylation is 2. The Morgan fingerprint density at radius 2 is 1.50 bits per heavy atom. The quantitative estimate of drug-likeness (QED) is 0.305. The number of hydrogen-bond acceptors (Lipinski definition) is 2. The van der Waals surface area contributed by atoms with Crippen molar-refractivity contribution in [2.24, 2.45) is 5.92 Å². The Morgan fingerprint density at radius 3 is 2.11 bits per heavy atom. The number of halogens is 2. The van der Waals surface area contributed by atoms with Crippen LogP contribution in [-0.2, 0) is 29.0 Å². The molecule has 6 heteroatoms. The highest BCUT2D eigenvalue weighted by molar-refractivity contribution is 6.36. The number of nitrogens with one attached hydrogen (secondary N) is 1. The summed E-state index contributed by atoms with van der Waals surface area (Å²) in [6, 6.07) is 22.5. The van der Waals surface area contributed by atoms with Gasteiger partial charge in [-0.15, -0.1) is 0 Å². The van der Waals surface area contributed by atoms with Gasteiger partial charge in [0.2, 0.25) is 11.8 Å². The normalized spacial score (nSPS) is 11.8. The van der Waals surface area contributed by atoms with Gasteiger partial charge in [-0.05, 0) is 42.5 Å². The molecule has 0 aliphatic heterocycles. The largest absolute Gasteiger partial charge is 0.354 e. The summed E-state index contributed by atoms with van der Waals surface area (Å²) in [6.07, 6.45) is 1.24. The van der Waals surface area contributed by atoms with E-state index in [2.05, 4.69) is 5.32 Å². The van der Waals surface area contributed by atoms with E-state index in [4.69, 9.17) is 23.2 Å². The first-order chi connectivity index (χ1) is 17.2. The van der Waals surface area contributed by atoms with Crippen molar-refractivity contribution >= 4 is 35.0 Å². The molecule has 3 aromatic carbocycles. The lowest BCUT2D eigenvalue weighted by Gasteiger charge is -2.32. The van der Waals surface area contributed by atoms with Crippen LogP contribution in [0.15, 0.2) is 72.8 Å². The maximum Gasteiger partial charge on any atom is 0.243 e. The fourth-order valence-corrected chi connectivity index (χ4v) is 4.50. The predicted molar refractivity (Wildman–Crippen MR) is 148 cm³/mol. The highest BCUT2D eigenvalue weighted by Crippen LogP contribution is 2.27. The van der Waals surface area contributed by atoms with Gasteiger partial charge in [0.05, 0.1) is 0 Å². The highest BCUT2D eigenvalue weighted by Gasteiger charge is 2.31. The van der Waals surface area contributed by atoms with E-state index >= 15 is 0 Å². The molecule has 0 aromatic heterocycles. The van der Waals surface area contributed by atoms with Crippen molar-refractivity contribution in [2.45, 2.75) is 52.6 Å². The van der Waals surface area contributed by atoms with Gasteiger partial charge in [0.25, 0.3) is 0 Å². The molecule has 0 spiro atoms. The molecule has 1 N–H and O–H groups in total. The molecule has 0 saturated carbocycles. The van der Waals surface area contributed by atoms with Crippen LogP contribution in [0.2, 0.25) is 10.0 Å². The van der Waals surface area contributed by atoms with Crippen LogP contribution in [0.25, 0.3) is 0 Å². The van der Waals surface area contributed by atoms with Crippen molar-refractivity contribution in [1.29, 1.82) is 0 Å². The Kier molecular flexibility index (Phi) is 10.4. The Hall–Kier alpha value is -2.82. The first-order valence-electron chi connectivity index (χ1n) is 12.3. The van der Waals surface area contributed by atoms with Crippen LogP contribution in [-0.4, -0.2) is 29.3 Å². The zero-order valence-corrected chi connectivity index (χ0v) is 22.6. The van der Waals surface area contributed by atoms with Gasteiger partial charge in [-0.3, -0.25) is 9.59 Å². The lowest BCUT2D eigenvalue weighted by atomic mass is 10.0. The van der Waals surface area contributed by atoms with Gasteiger partial charge in [0, 0.05) is 41.5 Å². The molecule has 0 aliphatic carbocycles. The van der Waals surface area contributed by atoms with E-state index in [-0.39, 0.29) is 30.7 Å². The first-order valence-corrected chi connectivity index (χ1v) is 13.1. The Bertz CT molecular complexity index is 1130. The third-order valence-electron chi connectivity index (χ3n) is 6.09. The summed E-state index contributed by atoms with van der Waals surface area (Å²) in [6.45, 7) is 6.80. The smallest absolute Gasteiger partial charge is 0.243 e. The summed E-state index contributed by atoms with van der Waals surface area (Å²) in [5.74, 6) is -0.0124. The Balaban J connectivity index is 1.94. The summed E-state index contributed by atoms with van der Waals surface area (Å²) >= 11 is 13.0. The number of amides is 2. The number of carbonyl (C=O) groups is 2. The van der Waals surface area contributed by atoms with Gasteiger partial charge >= 0.3 is 0 Å². The van der Waals surface area contributed by atoms with E-state index in [0.29, 0.717) is 35.0 Å². The van der Waals surface area contributed by atoms with Crippen LogP contribution < -0.4 is 5.32 Å². The van der Waals surface area contributed by atoms with Crippen molar-refractivity contribution in [2.75, 3.05) is 6.54 Å². The summed E-state index contributed by atoms with van der Waals surface area (Å²) < 4.78 is 0. The van der Waals surface area contributed by atoms with Crippen molar-refractivity contribution in [3.63, 3.8) is 0 Å².